The molecule has 0 saturated heterocycles. The van der Waals surface area contributed by atoms with Gasteiger partial charge >= 0.3 is 18.9 Å². The lowest BCUT2D eigenvalue weighted by Crippen LogP contribution is -2.47. The van der Waals surface area contributed by atoms with Gasteiger partial charge in [0.1, 0.15) is 0 Å². The third-order valence-corrected chi connectivity index (χ3v) is 1.34. The predicted octanol–water partition coefficient (Wildman–Crippen LogP) is 3.26. The van der Waals surface area contributed by atoms with E-state index >= 15 is 0 Å². The van der Waals surface area contributed by atoms with E-state index in [1.54, 1.807) is 0 Å². The normalized spacial score (nSPS) is 12.8. The Morgan fingerprint density at radius 2 is 1.38 bits per heavy atom. The van der Waals surface area contributed by atoms with Crippen molar-refractivity contribution in [2.24, 2.45) is 0 Å². The van der Waals surface area contributed by atoms with Gasteiger partial charge in [0.2, 0.25) is 0 Å². The Balaban J connectivity index is 4.68. The molecule has 0 radical (unpaired) electrons. The van der Waals surface area contributed by atoms with Crippen molar-refractivity contribution >= 4 is 6.71 Å². The summed E-state index contributed by atoms with van der Waals surface area (Å²) >= 11 is 0. The monoisotopic (exact) mass is 204 g/mol. The fourth-order valence-corrected chi connectivity index (χ4v) is 0.765. The standard InChI is InChI=1S/C6H7BF6/c1-4(2)3-7(5(8,9)10)6(11,12)13/h1,3H2,2H3. The number of allylic oxidation sites excluding steroid dienone is 1. The molecule has 0 bridgehead atoms. The highest BCUT2D eigenvalue weighted by atomic mass is 19.4. The average Bonchev–Trinajstić information content (AvgIpc) is 1.77. The van der Waals surface area contributed by atoms with Crippen LogP contribution in [-0.2, 0) is 0 Å². The molecule has 0 aliphatic heterocycles. The Morgan fingerprint density at radius 1 is 1.08 bits per heavy atom. The van der Waals surface area contributed by atoms with Crippen molar-refractivity contribution in [1.82, 2.24) is 0 Å². The van der Waals surface area contributed by atoms with Gasteiger partial charge in [-0.05, 0) is 13.2 Å². The summed E-state index contributed by atoms with van der Waals surface area (Å²) in [6.07, 6.45) is -11.6. The van der Waals surface area contributed by atoms with Crippen LogP contribution >= 0.6 is 0 Å². The number of hydrogen-bond donors (Lipinski definition) is 0. The van der Waals surface area contributed by atoms with Crippen LogP contribution in [0.2, 0.25) is 6.32 Å². The molecule has 0 aliphatic carbocycles. The first-order valence-electron chi connectivity index (χ1n) is 3.33. The van der Waals surface area contributed by atoms with Crippen LogP contribution < -0.4 is 0 Å². The molecule has 7 heteroatoms. The molecule has 0 aromatic heterocycles. The summed E-state index contributed by atoms with van der Waals surface area (Å²) in [5.74, 6) is 0. The first kappa shape index (κ1) is 12.4. The zero-order valence-electron chi connectivity index (χ0n) is 6.76. The van der Waals surface area contributed by atoms with E-state index in [1.165, 1.54) is 0 Å². The van der Waals surface area contributed by atoms with Crippen molar-refractivity contribution in [1.29, 1.82) is 0 Å². The van der Waals surface area contributed by atoms with Gasteiger partial charge in [0.25, 0.3) is 0 Å². The molecule has 0 rings (SSSR count). The number of alkyl halides is 6. The fourth-order valence-electron chi connectivity index (χ4n) is 0.765. The Labute approximate surface area is 71.7 Å². The van der Waals surface area contributed by atoms with Gasteiger partial charge < -0.3 is 0 Å². The maximum atomic E-state index is 11.8. The lowest BCUT2D eigenvalue weighted by molar-refractivity contribution is -0.104. The topological polar surface area (TPSA) is 0 Å². The molecule has 0 spiro atoms. The van der Waals surface area contributed by atoms with Crippen LogP contribution in [0.25, 0.3) is 0 Å². The molecule has 0 nitrogen and oxygen atoms in total. The lowest BCUT2D eigenvalue weighted by atomic mass is 9.44. The molecule has 0 N–H and O–H groups in total. The number of rotatable bonds is 2. The van der Waals surface area contributed by atoms with Crippen LogP contribution in [0.5, 0.6) is 0 Å². The molecule has 0 fully saturated rings. The van der Waals surface area contributed by atoms with Gasteiger partial charge in [0.05, 0.1) is 0 Å². The van der Waals surface area contributed by atoms with Crippen molar-refractivity contribution < 1.29 is 26.3 Å². The van der Waals surface area contributed by atoms with E-state index in [2.05, 4.69) is 6.58 Å². The van der Waals surface area contributed by atoms with Gasteiger partial charge in [-0.25, -0.2) is 0 Å². The molecule has 0 aliphatic rings. The van der Waals surface area contributed by atoms with Crippen LogP contribution in [0.3, 0.4) is 0 Å². The van der Waals surface area contributed by atoms with Crippen LogP contribution in [-0.4, -0.2) is 18.9 Å². The van der Waals surface area contributed by atoms with Crippen molar-refractivity contribution in [2.45, 2.75) is 25.4 Å². The quantitative estimate of drug-likeness (QED) is 0.367. The van der Waals surface area contributed by atoms with Crippen LogP contribution in [0.4, 0.5) is 26.3 Å². The van der Waals surface area contributed by atoms with Gasteiger partial charge in [-0.1, -0.05) is 5.57 Å². The maximum Gasteiger partial charge on any atom is 0.404 e. The van der Waals surface area contributed by atoms with E-state index in [1.807, 2.05) is 0 Å². The second-order valence-electron chi connectivity index (χ2n) is 2.80. The molecule has 76 valence electrons. The van der Waals surface area contributed by atoms with E-state index < -0.39 is 25.2 Å². The van der Waals surface area contributed by atoms with Crippen LogP contribution in [0.15, 0.2) is 12.2 Å². The summed E-state index contributed by atoms with van der Waals surface area (Å²) in [5.41, 5.74) is -0.139. The number of hydrogen-bond acceptors (Lipinski definition) is 0. The summed E-state index contributed by atoms with van der Waals surface area (Å²) in [7, 11) is 0. The third-order valence-electron chi connectivity index (χ3n) is 1.34. The summed E-state index contributed by atoms with van der Waals surface area (Å²) in [5, 5.41) is 0. The summed E-state index contributed by atoms with van der Waals surface area (Å²) in [6.45, 7) is 0.857. The largest absolute Gasteiger partial charge is 0.404 e. The van der Waals surface area contributed by atoms with Gasteiger partial charge in [0, 0.05) is 0 Å². The van der Waals surface area contributed by atoms with Crippen molar-refractivity contribution in [3.63, 3.8) is 0 Å². The molecular weight excluding hydrogens is 197 g/mol. The summed E-state index contributed by atoms with van der Waals surface area (Å²) in [4.78, 5) is 0. The Kier molecular flexibility index (Phi) is 3.46. The Hall–Kier alpha value is -0.615. The molecule has 0 amide bonds. The first-order chi connectivity index (χ1) is 5.55. The molecular formula is C6H7BF6. The number of halogens is 6. The van der Waals surface area contributed by atoms with Gasteiger partial charge in [0.15, 0.2) is 0 Å². The van der Waals surface area contributed by atoms with Gasteiger partial charge in [-0.2, -0.15) is 26.3 Å². The second-order valence-corrected chi connectivity index (χ2v) is 2.80. The lowest BCUT2D eigenvalue weighted by Gasteiger charge is -2.19. The average molecular weight is 204 g/mol. The Bertz CT molecular complexity index is 176. The van der Waals surface area contributed by atoms with Gasteiger partial charge in [-0.15, -0.1) is 6.58 Å². The smallest absolute Gasteiger partial charge is 0.181 e. The Morgan fingerprint density at radius 3 is 1.46 bits per heavy atom. The summed E-state index contributed by atoms with van der Waals surface area (Å²) in [6, 6.07) is 0. The molecule has 0 aromatic rings. The molecule has 0 unspecified atom stereocenters. The highest BCUT2D eigenvalue weighted by Gasteiger charge is 2.60. The SMILES string of the molecule is C=C(C)CB(C(F)(F)F)C(F)(F)F. The van der Waals surface area contributed by atoms with Crippen molar-refractivity contribution in [3.05, 3.63) is 12.2 Å². The highest BCUT2D eigenvalue weighted by molar-refractivity contribution is 6.63. The van der Waals surface area contributed by atoms with Crippen molar-refractivity contribution in [2.75, 3.05) is 0 Å². The first-order valence-corrected chi connectivity index (χ1v) is 3.33. The molecule has 13 heavy (non-hydrogen) atoms. The van der Waals surface area contributed by atoms with E-state index in [4.69, 9.17) is 0 Å². The second kappa shape index (κ2) is 3.63. The molecule has 0 heterocycles. The molecule has 0 atom stereocenters. The minimum absolute atomic E-state index is 0.139. The maximum absolute atomic E-state index is 11.8. The van der Waals surface area contributed by atoms with E-state index in [0.717, 1.165) is 6.92 Å². The zero-order chi connectivity index (χ0) is 10.9. The van der Waals surface area contributed by atoms with Gasteiger partial charge in [-0.3, -0.25) is 0 Å². The van der Waals surface area contributed by atoms with E-state index in [0.29, 0.717) is 0 Å². The van der Waals surface area contributed by atoms with Crippen LogP contribution in [0.1, 0.15) is 6.92 Å². The van der Waals surface area contributed by atoms with Crippen molar-refractivity contribution in [3.8, 4) is 0 Å². The van der Waals surface area contributed by atoms with E-state index in [-0.39, 0.29) is 5.57 Å². The summed E-state index contributed by atoms with van der Waals surface area (Å²) < 4.78 is 70.9. The van der Waals surface area contributed by atoms with Crippen LogP contribution in [0, 0.1) is 0 Å². The minimum atomic E-state index is -5.25. The van der Waals surface area contributed by atoms with E-state index in [9.17, 15) is 26.3 Å². The molecule has 0 aromatic carbocycles. The minimum Gasteiger partial charge on any atom is -0.181 e. The fraction of sp³-hybridized carbons (Fsp3) is 0.667. The predicted molar refractivity (Wildman–Crippen MR) is 37.5 cm³/mol. The highest BCUT2D eigenvalue weighted by Crippen LogP contribution is 2.35. The zero-order valence-corrected chi connectivity index (χ0v) is 6.76. The third kappa shape index (κ3) is 4.24. The molecule has 0 saturated carbocycles.